The summed E-state index contributed by atoms with van der Waals surface area (Å²) in [7, 11) is 1.52. The molecule has 2 rings (SSSR count). The molecule has 1 N–H and O–H groups in total. The van der Waals surface area contributed by atoms with E-state index < -0.39 is 18.5 Å². The van der Waals surface area contributed by atoms with Crippen molar-refractivity contribution in [2.75, 3.05) is 25.3 Å². The number of methoxy groups -OCH3 is 1. The van der Waals surface area contributed by atoms with Crippen LogP contribution in [0.1, 0.15) is 10.5 Å². The van der Waals surface area contributed by atoms with E-state index >= 15 is 0 Å². The highest BCUT2D eigenvalue weighted by atomic mass is 35.5. The zero-order valence-corrected chi connectivity index (χ0v) is 14.5. The Labute approximate surface area is 147 Å². The summed E-state index contributed by atoms with van der Waals surface area (Å²) >= 11 is 7.14. The highest BCUT2D eigenvalue weighted by molar-refractivity contribution is 7.98. The van der Waals surface area contributed by atoms with Crippen LogP contribution in [0.3, 0.4) is 0 Å². The Kier molecular flexibility index (Phi) is 6.39. The van der Waals surface area contributed by atoms with Gasteiger partial charge in [-0.2, -0.15) is 0 Å². The van der Waals surface area contributed by atoms with E-state index in [9.17, 15) is 9.59 Å². The van der Waals surface area contributed by atoms with Crippen LogP contribution < -0.4 is 10.1 Å². The van der Waals surface area contributed by atoms with Crippen LogP contribution in [0.4, 0.5) is 5.69 Å². The molecule has 0 saturated heterocycles. The van der Waals surface area contributed by atoms with Crippen molar-refractivity contribution in [3.05, 3.63) is 41.2 Å². The third-order valence-corrected chi connectivity index (χ3v) is 3.62. The SMILES string of the molecule is COc1cccc(NC(=O)COC(=O)c2nc(SC)ncc2Cl)c1. The molecular formula is C15H14ClN3O4S. The molecule has 1 aromatic heterocycles. The second-order valence-corrected chi connectivity index (χ2v) is 5.59. The Morgan fingerprint density at radius 1 is 1.38 bits per heavy atom. The maximum absolute atomic E-state index is 12.0. The van der Waals surface area contributed by atoms with Crippen molar-refractivity contribution in [2.24, 2.45) is 0 Å². The number of thioether (sulfide) groups is 1. The standard InChI is InChI=1S/C15H14ClN3O4S/c1-22-10-5-3-4-9(6-10)18-12(20)8-23-14(21)13-11(16)7-17-15(19-13)24-2/h3-7H,8H2,1-2H3,(H,18,20). The number of hydrogen-bond donors (Lipinski definition) is 1. The predicted molar refractivity (Wildman–Crippen MR) is 90.7 cm³/mol. The quantitative estimate of drug-likeness (QED) is 0.476. The summed E-state index contributed by atoms with van der Waals surface area (Å²) in [6, 6.07) is 6.81. The first-order valence-corrected chi connectivity index (χ1v) is 8.31. The first-order valence-electron chi connectivity index (χ1n) is 6.71. The van der Waals surface area contributed by atoms with Gasteiger partial charge < -0.3 is 14.8 Å². The summed E-state index contributed by atoms with van der Waals surface area (Å²) in [6.45, 7) is -0.467. The summed E-state index contributed by atoms with van der Waals surface area (Å²) < 4.78 is 9.99. The van der Waals surface area contributed by atoms with Crippen molar-refractivity contribution < 1.29 is 19.1 Å². The summed E-state index contributed by atoms with van der Waals surface area (Å²) in [6.07, 6.45) is 3.08. The summed E-state index contributed by atoms with van der Waals surface area (Å²) in [5.41, 5.74) is 0.449. The molecule has 24 heavy (non-hydrogen) atoms. The lowest BCUT2D eigenvalue weighted by atomic mass is 10.3. The van der Waals surface area contributed by atoms with E-state index in [0.717, 1.165) is 0 Å². The van der Waals surface area contributed by atoms with Crippen molar-refractivity contribution in [3.63, 3.8) is 0 Å². The van der Waals surface area contributed by atoms with Crippen LogP contribution in [0.5, 0.6) is 5.75 Å². The number of nitrogens with zero attached hydrogens (tertiary/aromatic N) is 2. The van der Waals surface area contributed by atoms with Crippen LogP contribution in [-0.2, 0) is 9.53 Å². The van der Waals surface area contributed by atoms with Crippen LogP contribution >= 0.6 is 23.4 Å². The lowest BCUT2D eigenvalue weighted by Gasteiger charge is -2.08. The monoisotopic (exact) mass is 367 g/mol. The fraction of sp³-hybridized carbons (Fsp3) is 0.200. The van der Waals surface area contributed by atoms with Gasteiger partial charge in [0.2, 0.25) is 0 Å². The van der Waals surface area contributed by atoms with E-state index in [-0.39, 0.29) is 10.7 Å². The highest BCUT2D eigenvalue weighted by Gasteiger charge is 2.17. The van der Waals surface area contributed by atoms with Crippen molar-refractivity contribution in [2.45, 2.75) is 5.16 Å². The molecule has 0 aliphatic rings. The molecule has 1 heterocycles. The molecule has 0 spiro atoms. The number of carbonyl (C=O) groups is 2. The number of ether oxygens (including phenoxy) is 2. The van der Waals surface area contributed by atoms with Gasteiger partial charge in [0.1, 0.15) is 5.75 Å². The van der Waals surface area contributed by atoms with Crippen LogP contribution in [-0.4, -0.2) is 41.8 Å². The second-order valence-electron chi connectivity index (χ2n) is 4.41. The summed E-state index contributed by atoms with van der Waals surface area (Å²) in [5, 5.41) is 3.04. The van der Waals surface area contributed by atoms with Crippen molar-refractivity contribution >= 4 is 40.9 Å². The molecule has 0 fully saturated rings. The Balaban J connectivity index is 1.94. The summed E-state index contributed by atoms with van der Waals surface area (Å²) in [4.78, 5) is 31.7. The van der Waals surface area contributed by atoms with Gasteiger partial charge >= 0.3 is 5.97 Å². The molecule has 1 aromatic carbocycles. The lowest BCUT2D eigenvalue weighted by Crippen LogP contribution is -2.21. The Morgan fingerprint density at radius 3 is 2.88 bits per heavy atom. The molecule has 9 heteroatoms. The Morgan fingerprint density at radius 2 is 2.17 bits per heavy atom. The molecule has 0 aliphatic heterocycles. The van der Waals surface area contributed by atoms with E-state index in [4.69, 9.17) is 21.1 Å². The van der Waals surface area contributed by atoms with E-state index in [1.54, 1.807) is 30.5 Å². The van der Waals surface area contributed by atoms with E-state index in [2.05, 4.69) is 15.3 Å². The number of rotatable bonds is 6. The van der Waals surface area contributed by atoms with Gasteiger partial charge in [-0.05, 0) is 18.4 Å². The minimum absolute atomic E-state index is 0.0611. The van der Waals surface area contributed by atoms with Crippen LogP contribution in [0.2, 0.25) is 5.02 Å². The average molecular weight is 368 g/mol. The minimum Gasteiger partial charge on any atom is -0.497 e. The largest absolute Gasteiger partial charge is 0.497 e. The molecule has 0 aliphatic carbocycles. The van der Waals surface area contributed by atoms with Crippen molar-refractivity contribution in [3.8, 4) is 5.75 Å². The van der Waals surface area contributed by atoms with Crippen molar-refractivity contribution in [1.82, 2.24) is 9.97 Å². The van der Waals surface area contributed by atoms with E-state index in [0.29, 0.717) is 16.6 Å². The van der Waals surface area contributed by atoms with E-state index in [1.165, 1.54) is 25.1 Å². The highest BCUT2D eigenvalue weighted by Crippen LogP contribution is 2.18. The number of benzene rings is 1. The van der Waals surface area contributed by atoms with Crippen LogP contribution in [0.25, 0.3) is 0 Å². The number of amides is 1. The van der Waals surface area contributed by atoms with Crippen LogP contribution in [0.15, 0.2) is 35.6 Å². The number of anilines is 1. The first-order chi connectivity index (χ1) is 11.5. The minimum atomic E-state index is -0.793. The maximum Gasteiger partial charge on any atom is 0.359 e. The second kappa shape index (κ2) is 8.51. The Hall–Kier alpha value is -2.32. The molecule has 0 saturated carbocycles. The zero-order valence-electron chi connectivity index (χ0n) is 12.9. The van der Waals surface area contributed by atoms with Gasteiger partial charge in [0, 0.05) is 11.8 Å². The fourth-order valence-electron chi connectivity index (χ4n) is 1.69. The van der Waals surface area contributed by atoms with Gasteiger partial charge in [-0.25, -0.2) is 14.8 Å². The third kappa shape index (κ3) is 4.84. The van der Waals surface area contributed by atoms with Gasteiger partial charge in [0.05, 0.1) is 18.3 Å². The molecule has 126 valence electrons. The van der Waals surface area contributed by atoms with E-state index in [1.807, 2.05) is 0 Å². The van der Waals surface area contributed by atoms with Gasteiger partial charge in [0.25, 0.3) is 5.91 Å². The number of carbonyl (C=O) groups excluding carboxylic acids is 2. The number of nitrogens with one attached hydrogen (secondary N) is 1. The number of hydrogen-bond acceptors (Lipinski definition) is 7. The van der Waals surface area contributed by atoms with Gasteiger partial charge in [0.15, 0.2) is 17.5 Å². The normalized spacial score (nSPS) is 10.1. The predicted octanol–water partition coefficient (Wildman–Crippen LogP) is 2.66. The Bertz CT molecular complexity index is 757. The maximum atomic E-state index is 12.0. The smallest absolute Gasteiger partial charge is 0.359 e. The summed E-state index contributed by atoms with van der Waals surface area (Å²) in [5.74, 6) is -0.687. The molecule has 1 amide bonds. The first kappa shape index (κ1) is 18.0. The number of esters is 1. The molecule has 0 atom stereocenters. The van der Waals surface area contributed by atoms with Gasteiger partial charge in [-0.1, -0.05) is 29.4 Å². The molecular weight excluding hydrogens is 354 g/mol. The third-order valence-electron chi connectivity index (χ3n) is 2.79. The molecule has 0 unspecified atom stereocenters. The average Bonchev–Trinajstić information content (AvgIpc) is 2.60. The van der Waals surface area contributed by atoms with Gasteiger partial charge in [-0.15, -0.1) is 0 Å². The fourth-order valence-corrected chi connectivity index (χ4v) is 2.20. The van der Waals surface area contributed by atoms with Crippen LogP contribution in [0, 0.1) is 0 Å². The van der Waals surface area contributed by atoms with Gasteiger partial charge in [-0.3, -0.25) is 4.79 Å². The number of aromatic nitrogens is 2. The zero-order chi connectivity index (χ0) is 17.5. The molecule has 0 bridgehead atoms. The van der Waals surface area contributed by atoms with Crippen molar-refractivity contribution in [1.29, 1.82) is 0 Å². The molecule has 2 aromatic rings. The molecule has 0 radical (unpaired) electrons. The lowest BCUT2D eigenvalue weighted by molar-refractivity contribution is -0.119. The number of halogens is 1. The topological polar surface area (TPSA) is 90.4 Å². The molecule has 7 nitrogen and oxygen atoms in total.